The molecular weight excluding hydrogens is 406 g/mol. The number of carbonyl (C=O) groups is 2. The fourth-order valence-corrected chi connectivity index (χ4v) is 4.11. The van der Waals surface area contributed by atoms with Crippen LogP contribution in [0.3, 0.4) is 0 Å². The molecule has 2 aliphatic heterocycles. The number of nitrogens with one attached hydrogen (secondary N) is 4. The van der Waals surface area contributed by atoms with Gasteiger partial charge in [0.05, 0.1) is 18.1 Å². The van der Waals surface area contributed by atoms with Crippen LogP contribution in [0.1, 0.15) is 32.3 Å². The molecule has 0 saturated carbocycles. The van der Waals surface area contributed by atoms with Crippen molar-refractivity contribution in [3.63, 3.8) is 0 Å². The minimum atomic E-state index is -0.520. The Morgan fingerprint density at radius 1 is 1.12 bits per heavy atom. The van der Waals surface area contributed by atoms with Crippen molar-refractivity contribution < 1.29 is 9.59 Å². The standard InChI is InChI=1S/C23H31N7O2/c1-15(2)17-7-9-30(10-8-17)22-25-12-19(13-26-22)28-18-5-3-16(4-6-18)11-24-21(31)20-14-27-23(32)29-20/h3-6,12-13,15,17,20,28H,7-11,14H2,1-2H3,(H,24,31)(H2,27,29,32). The third kappa shape index (κ3) is 5.46. The van der Waals surface area contributed by atoms with Crippen LogP contribution in [0.4, 0.5) is 22.1 Å². The lowest BCUT2D eigenvalue weighted by Crippen LogP contribution is -2.42. The molecule has 1 atom stereocenters. The predicted molar refractivity (Wildman–Crippen MR) is 124 cm³/mol. The van der Waals surface area contributed by atoms with Crippen LogP contribution in [-0.2, 0) is 11.3 Å². The normalized spacial score (nSPS) is 18.9. The largest absolute Gasteiger partial charge is 0.353 e. The number of benzene rings is 1. The smallest absolute Gasteiger partial charge is 0.315 e. The van der Waals surface area contributed by atoms with E-state index >= 15 is 0 Å². The molecular formula is C23H31N7O2. The highest BCUT2D eigenvalue weighted by molar-refractivity contribution is 5.90. The summed E-state index contributed by atoms with van der Waals surface area (Å²) in [6.07, 6.45) is 6.02. The number of anilines is 3. The van der Waals surface area contributed by atoms with Crippen LogP contribution < -0.4 is 26.2 Å². The highest BCUT2D eigenvalue weighted by atomic mass is 16.2. The number of urea groups is 1. The summed E-state index contributed by atoms with van der Waals surface area (Å²) < 4.78 is 0. The molecule has 32 heavy (non-hydrogen) atoms. The molecule has 2 saturated heterocycles. The van der Waals surface area contributed by atoms with E-state index in [1.54, 1.807) is 0 Å². The first kappa shape index (κ1) is 21.9. The lowest BCUT2D eigenvalue weighted by Gasteiger charge is -2.33. The van der Waals surface area contributed by atoms with Crippen LogP contribution in [0.15, 0.2) is 36.7 Å². The fraction of sp³-hybridized carbons (Fsp3) is 0.478. The van der Waals surface area contributed by atoms with Gasteiger partial charge in [-0.05, 0) is 42.4 Å². The molecule has 0 spiro atoms. The third-order valence-electron chi connectivity index (χ3n) is 6.20. The topological polar surface area (TPSA) is 111 Å². The van der Waals surface area contributed by atoms with E-state index < -0.39 is 6.04 Å². The van der Waals surface area contributed by atoms with E-state index in [1.807, 2.05) is 36.7 Å². The Morgan fingerprint density at radius 3 is 2.41 bits per heavy atom. The quantitative estimate of drug-likeness (QED) is 0.529. The fourth-order valence-electron chi connectivity index (χ4n) is 4.11. The van der Waals surface area contributed by atoms with Gasteiger partial charge < -0.3 is 26.2 Å². The molecule has 2 fully saturated rings. The van der Waals surface area contributed by atoms with E-state index in [1.165, 1.54) is 12.8 Å². The summed E-state index contributed by atoms with van der Waals surface area (Å²) in [4.78, 5) is 34.6. The first-order valence-electron chi connectivity index (χ1n) is 11.2. The molecule has 3 heterocycles. The van der Waals surface area contributed by atoms with Crippen LogP contribution in [-0.4, -0.2) is 47.6 Å². The maximum atomic E-state index is 12.1. The number of carbonyl (C=O) groups excluding carboxylic acids is 2. The second-order valence-electron chi connectivity index (χ2n) is 8.79. The highest BCUT2D eigenvalue weighted by Crippen LogP contribution is 2.26. The van der Waals surface area contributed by atoms with E-state index in [0.717, 1.165) is 47.8 Å². The zero-order valence-electron chi connectivity index (χ0n) is 18.6. The Morgan fingerprint density at radius 2 is 1.81 bits per heavy atom. The molecule has 1 aromatic carbocycles. The first-order valence-corrected chi connectivity index (χ1v) is 11.2. The van der Waals surface area contributed by atoms with Gasteiger partial charge in [0.25, 0.3) is 0 Å². The summed E-state index contributed by atoms with van der Waals surface area (Å²) in [5.74, 6) is 2.12. The molecule has 170 valence electrons. The lowest BCUT2D eigenvalue weighted by atomic mass is 9.87. The van der Waals surface area contributed by atoms with Crippen molar-refractivity contribution in [1.29, 1.82) is 0 Å². The number of amides is 3. The molecule has 1 unspecified atom stereocenters. The van der Waals surface area contributed by atoms with Crippen molar-refractivity contribution >= 4 is 29.3 Å². The summed E-state index contributed by atoms with van der Waals surface area (Å²) in [6, 6.07) is 6.96. The highest BCUT2D eigenvalue weighted by Gasteiger charge is 2.26. The van der Waals surface area contributed by atoms with Crippen LogP contribution in [0.2, 0.25) is 0 Å². The van der Waals surface area contributed by atoms with Gasteiger partial charge in [-0.3, -0.25) is 4.79 Å². The maximum absolute atomic E-state index is 12.1. The van der Waals surface area contributed by atoms with Crippen molar-refractivity contribution in [2.75, 3.05) is 29.9 Å². The molecule has 4 N–H and O–H groups in total. The zero-order chi connectivity index (χ0) is 22.5. The molecule has 1 aromatic heterocycles. The number of hydrogen-bond acceptors (Lipinski definition) is 6. The number of piperidine rings is 1. The van der Waals surface area contributed by atoms with Crippen LogP contribution in [0.5, 0.6) is 0 Å². The van der Waals surface area contributed by atoms with Crippen molar-refractivity contribution in [3.05, 3.63) is 42.2 Å². The van der Waals surface area contributed by atoms with E-state index in [2.05, 4.69) is 50.0 Å². The van der Waals surface area contributed by atoms with E-state index in [9.17, 15) is 9.59 Å². The van der Waals surface area contributed by atoms with Crippen LogP contribution in [0.25, 0.3) is 0 Å². The molecule has 0 aliphatic carbocycles. The van der Waals surface area contributed by atoms with Crippen molar-refractivity contribution in [3.8, 4) is 0 Å². The van der Waals surface area contributed by atoms with Gasteiger partial charge in [0, 0.05) is 31.9 Å². The molecule has 4 rings (SSSR count). The molecule has 9 heteroatoms. The second-order valence-corrected chi connectivity index (χ2v) is 8.79. The average Bonchev–Trinajstić information content (AvgIpc) is 3.25. The van der Waals surface area contributed by atoms with Gasteiger partial charge in [-0.25, -0.2) is 14.8 Å². The van der Waals surface area contributed by atoms with Gasteiger partial charge in [-0.15, -0.1) is 0 Å². The zero-order valence-corrected chi connectivity index (χ0v) is 18.6. The number of rotatable bonds is 7. The average molecular weight is 438 g/mol. The van der Waals surface area contributed by atoms with E-state index in [0.29, 0.717) is 13.1 Å². The Bertz CT molecular complexity index is 922. The minimum Gasteiger partial charge on any atom is -0.353 e. The van der Waals surface area contributed by atoms with Crippen LogP contribution in [0, 0.1) is 11.8 Å². The van der Waals surface area contributed by atoms with Gasteiger partial charge in [0.2, 0.25) is 11.9 Å². The van der Waals surface area contributed by atoms with Gasteiger partial charge in [-0.2, -0.15) is 0 Å². The summed E-state index contributed by atoms with van der Waals surface area (Å²) in [7, 11) is 0. The van der Waals surface area contributed by atoms with Crippen molar-refractivity contribution in [2.24, 2.45) is 11.8 Å². The SMILES string of the molecule is CC(C)C1CCN(c2ncc(Nc3ccc(CNC(=O)C4CNC(=O)N4)cc3)cn2)CC1. The Hall–Kier alpha value is -3.36. The van der Waals surface area contributed by atoms with Crippen molar-refractivity contribution in [2.45, 2.75) is 39.3 Å². The Balaban J connectivity index is 1.25. The van der Waals surface area contributed by atoms with Gasteiger partial charge in [0.15, 0.2) is 0 Å². The minimum absolute atomic E-state index is 0.198. The second kappa shape index (κ2) is 9.84. The monoisotopic (exact) mass is 437 g/mol. The molecule has 3 amide bonds. The molecule has 2 aliphatic rings. The van der Waals surface area contributed by atoms with Gasteiger partial charge >= 0.3 is 6.03 Å². The lowest BCUT2D eigenvalue weighted by molar-refractivity contribution is -0.122. The van der Waals surface area contributed by atoms with Crippen molar-refractivity contribution in [1.82, 2.24) is 25.9 Å². The first-order chi connectivity index (χ1) is 15.5. The summed E-state index contributed by atoms with van der Waals surface area (Å²) in [5, 5.41) is 11.3. The number of hydrogen-bond donors (Lipinski definition) is 4. The summed E-state index contributed by atoms with van der Waals surface area (Å²) >= 11 is 0. The Kier molecular flexibility index (Phi) is 6.72. The third-order valence-corrected chi connectivity index (χ3v) is 6.20. The van der Waals surface area contributed by atoms with Gasteiger partial charge in [-0.1, -0.05) is 26.0 Å². The molecule has 0 radical (unpaired) electrons. The van der Waals surface area contributed by atoms with Gasteiger partial charge in [0.1, 0.15) is 6.04 Å². The van der Waals surface area contributed by atoms with E-state index in [-0.39, 0.29) is 11.9 Å². The molecule has 0 bridgehead atoms. The summed E-state index contributed by atoms with van der Waals surface area (Å²) in [5.41, 5.74) is 2.72. The molecule has 2 aromatic rings. The summed E-state index contributed by atoms with van der Waals surface area (Å²) in [6.45, 7) is 7.33. The van der Waals surface area contributed by atoms with Crippen LogP contribution >= 0.6 is 0 Å². The molecule has 9 nitrogen and oxygen atoms in total. The maximum Gasteiger partial charge on any atom is 0.315 e. The number of aromatic nitrogens is 2. The van der Waals surface area contributed by atoms with E-state index in [4.69, 9.17) is 0 Å². The Labute approximate surface area is 188 Å². The predicted octanol–water partition coefficient (Wildman–Crippen LogP) is 2.39. The number of nitrogens with zero attached hydrogens (tertiary/aromatic N) is 3.